The van der Waals surface area contributed by atoms with Gasteiger partial charge in [-0.15, -0.1) is 0 Å². The average Bonchev–Trinajstić information content (AvgIpc) is 3.24. The molecule has 14 heteroatoms. The molecule has 0 aliphatic carbocycles. The Balaban J connectivity index is 1.71. The third kappa shape index (κ3) is 23.6. The van der Waals surface area contributed by atoms with Crippen LogP contribution >= 0.6 is 0 Å². The molecule has 2 aliphatic rings. The second-order valence-electron chi connectivity index (χ2n) is 17.3. The molecule has 14 nitrogen and oxygen atoms in total. The lowest BCUT2D eigenvalue weighted by Gasteiger charge is -2.42. The van der Waals surface area contributed by atoms with Gasteiger partial charge in [0, 0.05) is 13.0 Å². The Hall–Kier alpha value is -1.01. The van der Waals surface area contributed by atoms with Crippen molar-refractivity contribution < 1.29 is 69.0 Å². The number of hydrogen-bond donors (Lipinski definition) is 7. The second kappa shape index (κ2) is 35.4. The summed E-state index contributed by atoms with van der Waals surface area (Å²) in [7, 11) is 0. The number of aliphatic hydroxyl groups excluding tert-OH is 7. The van der Waals surface area contributed by atoms with E-state index >= 15 is 0 Å². The quantitative estimate of drug-likeness (QED) is 0.0275. The minimum atomic E-state index is -1.70. The van der Waals surface area contributed by atoms with Gasteiger partial charge in [-0.1, -0.05) is 168 Å². The van der Waals surface area contributed by atoms with E-state index in [0.717, 1.165) is 38.5 Å². The number of carbonyl (C=O) groups excluding carboxylic acids is 1. The topological polar surface area (TPSA) is 214 Å². The van der Waals surface area contributed by atoms with Crippen LogP contribution in [0.4, 0.5) is 0 Å². The summed E-state index contributed by atoms with van der Waals surface area (Å²) >= 11 is 0. The lowest BCUT2D eigenvalue weighted by molar-refractivity contribution is -0.332. The van der Waals surface area contributed by atoms with Crippen LogP contribution in [-0.2, 0) is 33.2 Å². The van der Waals surface area contributed by atoms with E-state index in [4.69, 9.17) is 28.4 Å². The second-order valence-corrected chi connectivity index (χ2v) is 17.3. The number of esters is 1. The van der Waals surface area contributed by atoms with E-state index in [9.17, 15) is 40.5 Å². The van der Waals surface area contributed by atoms with Gasteiger partial charge in [0.25, 0.3) is 0 Å². The lowest BCUT2D eigenvalue weighted by Crippen LogP contribution is -2.61. The molecule has 0 saturated carbocycles. The number of carbonyl (C=O) groups is 1. The number of ether oxygens (including phenoxy) is 6. The molecule has 7 N–H and O–H groups in total. The summed E-state index contributed by atoms with van der Waals surface area (Å²) < 4.78 is 34.1. The molecule has 2 aliphatic heterocycles. The maximum Gasteiger partial charge on any atom is 0.306 e. The summed E-state index contributed by atoms with van der Waals surface area (Å²) in [6.45, 7) is 3.66. The Morgan fingerprint density at radius 2 is 0.883 bits per heavy atom. The van der Waals surface area contributed by atoms with Crippen molar-refractivity contribution in [2.75, 3.05) is 33.0 Å². The van der Waals surface area contributed by atoms with Crippen molar-refractivity contribution in [3.05, 3.63) is 0 Å². The minimum Gasteiger partial charge on any atom is -0.457 e. The van der Waals surface area contributed by atoms with Gasteiger partial charge < -0.3 is 64.2 Å². The smallest absolute Gasteiger partial charge is 0.306 e. The van der Waals surface area contributed by atoms with Gasteiger partial charge in [0.1, 0.15) is 54.9 Å². The Kier molecular flexibility index (Phi) is 32.5. The Bertz CT molecular complexity index is 1010. The minimum absolute atomic E-state index is 0.0689. The van der Waals surface area contributed by atoms with E-state index in [2.05, 4.69) is 13.8 Å². The molecule has 0 amide bonds. The number of rotatable bonds is 38. The van der Waals surface area contributed by atoms with Crippen LogP contribution in [-0.4, -0.2) is 142 Å². The Labute approximate surface area is 362 Å². The molecule has 0 bridgehead atoms. The van der Waals surface area contributed by atoms with Gasteiger partial charge in [-0.05, 0) is 12.8 Å². The lowest BCUT2D eigenvalue weighted by atomic mass is 9.98. The molecule has 11 atom stereocenters. The molecule has 0 aromatic heterocycles. The number of hydrogen-bond acceptors (Lipinski definition) is 14. The molecule has 60 heavy (non-hydrogen) atoms. The third-order valence-electron chi connectivity index (χ3n) is 11.9. The van der Waals surface area contributed by atoms with E-state index in [0.29, 0.717) is 13.0 Å². The fourth-order valence-corrected chi connectivity index (χ4v) is 7.87. The van der Waals surface area contributed by atoms with Crippen LogP contribution in [0.2, 0.25) is 0 Å². The molecule has 2 rings (SSSR count). The van der Waals surface area contributed by atoms with Crippen LogP contribution in [0.25, 0.3) is 0 Å². The Morgan fingerprint density at radius 1 is 0.483 bits per heavy atom. The maximum absolute atomic E-state index is 12.8. The molecule has 0 aromatic carbocycles. The zero-order valence-corrected chi connectivity index (χ0v) is 37.5. The van der Waals surface area contributed by atoms with Gasteiger partial charge in [-0.3, -0.25) is 4.79 Å². The zero-order chi connectivity index (χ0) is 43.8. The van der Waals surface area contributed by atoms with Crippen molar-refractivity contribution >= 4 is 5.97 Å². The van der Waals surface area contributed by atoms with Crippen LogP contribution in [0.5, 0.6) is 0 Å². The summed E-state index contributed by atoms with van der Waals surface area (Å²) in [5.74, 6) is -0.379. The van der Waals surface area contributed by atoms with E-state index in [1.54, 1.807) is 0 Å². The molecule has 0 radical (unpaired) electrons. The monoisotopic (exact) mass is 865 g/mol. The molecule has 356 valence electrons. The number of aliphatic hydroxyl groups is 7. The highest BCUT2D eigenvalue weighted by Gasteiger charge is 2.47. The highest BCUT2D eigenvalue weighted by atomic mass is 16.7. The molecular formula is C46H88O14. The van der Waals surface area contributed by atoms with Crippen LogP contribution in [0.3, 0.4) is 0 Å². The van der Waals surface area contributed by atoms with Crippen LogP contribution in [0, 0.1) is 0 Å². The van der Waals surface area contributed by atoms with Gasteiger partial charge in [-0.25, -0.2) is 0 Å². The highest BCUT2D eigenvalue weighted by Crippen LogP contribution is 2.26. The van der Waals surface area contributed by atoms with E-state index in [1.165, 1.54) is 122 Å². The van der Waals surface area contributed by atoms with Crippen molar-refractivity contribution in [3.63, 3.8) is 0 Å². The van der Waals surface area contributed by atoms with Gasteiger partial charge in [0.15, 0.2) is 12.6 Å². The van der Waals surface area contributed by atoms with Crippen molar-refractivity contribution in [3.8, 4) is 0 Å². The fourth-order valence-electron chi connectivity index (χ4n) is 7.87. The summed E-state index contributed by atoms with van der Waals surface area (Å²) in [5, 5.41) is 71.8. The van der Waals surface area contributed by atoms with Gasteiger partial charge in [-0.2, -0.15) is 0 Å². The van der Waals surface area contributed by atoms with E-state index < -0.39 is 80.7 Å². The predicted molar refractivity (Wildman–Crippen MR) is 229 cm³/mol. The van der Waals surface area contributed by atoms with Gasteiger partial charge in [0.05, 0.1) is 26.4 Å². The van der Waals surface area contributed by atoms with Crippen LogP contribution in [0.15, 0.2) is 0 Å². The highest BCUT2D eigenvalue weighted by molar-refractivity contribution is 5.69. The third-order valence-corrected chi connectivity index (χ3v) is 11.9. The van der Waals surface area contributed by atoms with Crippen molar-refractivity contribution in [2.45, 2.75) is 255 Å². The van der Waals surface area contributed by atoms with Crippen molar-refractivity contribution in [1.29, 1.82) is 0 Å². The molecular weight excluding hydrogens is 776 g/mol. The van der Waals surface area contributed by atoms with E-state index in [1.807, 2.05) is 0 Å². The molecule has 0 aromatic rings. The first-order valence-corrected chi connectivity index (χ1v) is 24.1. The zero-order valence-electron chi connectivity index (χ0n) is 37.5. The number of unbranched alkanes of at least 4 members (excludes halogenated alkanes) is 24. The average molecular weight is 865 g/mol. The Morgan fingerprint density at radius 3 is 1.35 bits per heavy atom. The van der Waals surface area contributed by atoms with Crippen molar-refractivity contribution in [2.24, 2.45) is 0 Å². The van der Waals surface area contributed by atoms with Crippen LogP contribution in [0.1, 0.15) is 187 Å². The molecule has 0 spiro atoms. The molecule has 2 fully saturated rings. The summed E-state index contributed by atoms with van der Waals surface area (Å²) in [5.41, 5.74) is 0. The van der Waals surface area contributed by atoms with Crippen molar-refractivity contribution in [1.82, 2.24) is 0 Å². The first-order valence-electron chi connectivity index (χ1n) is 24.1. The first-order chi connectivity index (χ1) is 29.1. The molecule has 11 unspecified atom stereocenters. The summed E-state index contributed by atoms with van der Waals surface area (Å²) in [6, 6.07) is 0. The van der Waals surface area contributed by atoms with Crippen LogP contribution < -0.4 is 0 Å². The van der Waals surface area contributed by atoms with E-state index in [-0.39, 0.29) is 25.6 Å². The molecule has 2 saturated heterocycles. The summed E-state index contributed by atoms with van der Waals surface area (Å²) in [4.78, 5) is 12.8. The summed E-state index contributed by atoms with van der Waals surface area (Å²) in [6.07, 6.45) is 16.3. The largest absolute Gasteiger partial charge is 0.457 e. The molecule has 2 heterocycles. The van der Waals surface area contributed by atoms with Gasteiger partial charge in [0.2, 0.25) is 0 Å². The predicted octanol–water partition coefficient (Wildman–Crippen LogP) is 6.13. The maximum atomic E-state index is 12.8. The standard InChI is InChI=1S/C46H88O14/c1-3-5-7-9-11-12-13-14-15-16-17-18-19-20-21-22-24-26-28-30-55-32-35(58-38(48)29-27-25-23-10-8-6-4-2)33-56-45-44(54)42(52)40(50)37(60-45)34-57-46-43(53)41(51)39(49)36(31-47)59-46/h35-37,39-47,49-54H,3-34H2,1-2H3. The normalized spacial score (nSPS) is 27.6. The first kappa shape index (κ1) is 55.1. The SMILES string of the molecule is CCCCCCCCCCCCCCCCCCCCCOCC(COC1OC(COC2OC(CO)C(O)C(O)C2O)C(O)C(O)C1O)OC(=O)CCCCCCCCC. The fraction of sp³-hybridized carbons (Fsp3) is 0.978. The van der Waals surface area contributed by atoms with Gasteiger partial charge >= 0.3 is 5.97 Å².